The standard InChI is InChI=1S/C18H23N7O/c1-2-19-18(22-11-14-25-12-5-6-13-25)21-10-8-16-23-17(26-24-16)15-7-3-4-9-20-15/h3-7,9,12-13H,2,8,10-11,14H2,1H3,(H2,19,21,22). The Bertz CT molecular complexity index is 796. The zero-order valence-electron chi connectivity index (χ0n) is 14.8. The topological polar surface area (TPSA) is 93.2 Å². The number of nitrogens with zero attached hydrogens (tertiary/aromatic N) is 5. The van der Waals surface area contributed by atoms with Crippen molar-refractivity contribution in [2.75, 3.05) is 19.6 Å². The zero-order chi connectivity index (χ0) is 18.0. The molecule has 0 spiro atoms. The molecule has 2 N–H and O–H groups in total. The molecule has 3 heterocycles. The summed E-state index contributed by atoms with van der Waals surface area (Å²) >= 11 is 0. The fourth-order valence-corrected chi connectivity index (χ4v) is 2.38. The second-order valence-corrected chi connectivity index (χ2v) is 5.59. The van der Waals surface area contributed by atoms with Crippen LogP contribution in [0, 0.1) is 0 Å². The van der Waals surface area contributed by atoms with E-state index in [1.54, 1.807) is 6.20 Å². The van der Waals surface area contributed by atoms with E-state index in [1.807, 2.05) is 49.6 Å². The Morgan fingerprint density at radius 2 is 2.08 bits per heavy atom. The molecule has 0 fully saturated rings. The summed E-state index contributed by atoms with van der Waals surface area (Å²) < 4.78 is 7.38. The molecule has 8 nitrogen and oxygen atoms in total. The highest BCUT2D eigenvalue weighted by Gasteiger charge is 2.09. The van der Waals surface area contributed by atoms with Gasteiger partial charge in [0.25, 0.3) is 5.89 Å². The van der Waals surface area contributed by atoms with E-state index in [0.717, 1.165) is 25.6 Å². The van der Waals surface area contributed by atoms with E-state index < -0.39 is 0 Å². The van der Waals surface area contributed by atoms with Gasteiger partial charge in [0.05, 0.1) is 0 Å². The van der Waals surface area contributed by atoms with Crippen LogP contribution in [0.25, 0.3) is 11.6 Å². The molecule has 0 radical (unpaired) electrons. The van der Waals surface area contributed by atoms with Crippen molar-refractivity contribution in [2.45, 2.75) is 19.9 Å². The van der Waals surface area contributed by atoms with Crippen LogP contribution in [-0.4, -0.2) is 45.3 Å². The smallest absolute Gasteiger partial charge is 0.276 e. The highest BCUT2D eigenvalue weighted by atomic mass is 16.5. The lowest BCUT2D eigenvalue weighted by Gasteiger charge is -2.11. The molecular weight excluding hydrogens is 330 g/mol. The van der Waals surface area contributed by atoms with Crippen molar-refractivity contribution in [2.24, 2.45) is 4.99 Å². The molecule has 136 valence electrons. The Labute approximate surface area is 152 Å². The van der Waals surface area contributed by atoms with Crippen molar-refractivity contribution in [3.63, 3.8) is 0 Å². The zero-order valence-corrected chi connectivity index (χ0v) is 14.8. The van der Waals surface area contributed by atoms with Gasteiger partial charge < -0.3 is 19.7 Å². The van der Waals surface area contributed by atoms with E-state index in [9.17, 15) is 0 Å². The number of nitrogens with one attached hydrogen (secondary N) is 2. The molecule has 0 aromatic carbocycles. The van der Waals surface area contributed by atoms with Gasteiger partial charge in [-0.05, 0) is 31.2 Å². The van der Waals surface area contributed by atoms with Crippen molar-refractivity contribution in [1.82, 2.24) is 30.3 Å². The Kier molecular flexibility index (Phi) is 6.35. The monoisotopic (exact) mass is 353 g/mol. The van der Waals surface area contributed by atoms with Crippen LogP contribution in [0.3, 0.4) is 0 Å². The van der Waals surface area contributed by atoms with E-state index in [-0.39, 0.29) is 0 Å². The van der Waals surface area contributed by atoms with Crippen LogP contribution < -0.4 is 10.6 Å². The SMILES string of the molecule is CCNC(=NCCc1noc(-c2ccccn2)n1)NCCn1cccc1. The molecule has 3 aromatic heterocycles. The summed E-state index contributed by atoms with van der Waals surface area (Å²) in [6.07, 6.45) is 6.39. The summed E-state index contributed by atoms with van der Waals surface area (Å²) in [7, 11) is 0. The minimum Gasteiger partial charge on any atom is -0.357 e. The molecule has 0 aliphatic rings. The van der Waals surface area contributed by atoms with E-state index in [0.29, 0.717) is 30.4 Å². The lowest BCUT2D eigenvalue weighted by atomic mass is 10.3. The molecule has 0 saturated heterocycles. The third-order valence-corrected chi connectivity index (χ3v) is 3.63. The molecular formula is C18H23N7O. The average Bonchev–Trinajstić information content (AvgIpc) is 3.34. The molecule has 0 unspecified atom stereocenters. The number of hydrogen-bond acceptors (Lipinski definition) is 5. The summed E-state index contributed by atoms with van der Waals surface area (Å²) in [4.78, 5) is 13.1. The van der Waals surface area contributed by atoms with Crippen molar-refractivity contribution >= 4 is 5.96 Å². The fourth-order valence-electron chi connectivity index (χ4n) is 2.38. The van der Waals surface area contributed by atoms with Gasteiger partial charge in [-0.1, -0.05) is 11.2 Å². The second-order valence-electron chi connectivity index (χ2n) is 5.59. The summed E-state index contributed by atoms with van der Waals surface area (Å²) in [6.45, 7) is 5.10. The van der Waals surface area contributed by atoms with E-state index in [4.69, 9.17) is 4.52 Å². The third-order valence-electron chi connectivity index (χ3n) is 3.63. The second kappa shape index (κ2) is 9.36. The highest BCUT2D eigenvalue weighted by molar-refractivity contribution is 5.79. The van der Waals surface area contributed by atoms with Crippen molar-refractivity contribution < 1.29 is 4.52 Å². The molecule has 0 amide bonds. The van der Waals surface area contributed by atoms with Gasteiger partial charge in [-0.3, -0.25) is 9.98 Å². The maximum Gasteiger partial charge on any atom is 0.276 e. The van der Waals surface area contributed by atoms with Gasteiger partial charge in [0.2, 0.25) is 0 Å². The number of pyridine rings is 1. The van der Waals surface area contributed by atoms with Crippen LogP contribution in [0.2, 0.25) is 0 Å². The van der Waals surface area contributed by atoms with Gasteiger partial charge in [0.1, 0.15) is 5.69 Å². The Hall–Kier alpha value is -3.16. The normalized spacial score (nSPS) is 11.5. The summed E-state index contributed by atoms with van der Waals surface area (Å²) in [5.41, 5.74) is 0.676. The average molecular weight is 353 g/mol. The van der Waals surface area contributed by atoms with E-state index in [1.165, 1.54) is 0 Å². The number of rotatable bonds is 8. The molecule has 0 bridgehead atoms. The first-order valence-electron chi connectivity index (χ1n) is 8.72. The van der Waals surface area contributed by atoms with Gasteiger partial charge in [-0.25, -0.2) is 0 Å². The fraction of sp³-hybridized carbons (Fsp3) is 0.333. The molecule has 3 aromatic rings. The van der Waals surface area contributed by atoms with Crippen LogP contribution in [-0.2, 0) is 13.0 Å². The lowest BCUT2D eigenvalue weighted by molar-refractivity contribution is 0.421. The van der Waals surface area contributed by atoms with Crippen molar-refractivity contribution in [3.8, 4) is 11.6 Å². The number of hydrogen-bond donors (Lipinski definition) is 2. The third kappa shape index (κ3) is 5.17. The van der Waals surface area contributed by atoms with Gasteiger partial charge in [0.15, 0.2) is 11.8 Å². The minimum absolute atomic E-state index is 0.432. The van der Waals surface area contributed by atoms with Crippen LogP contribution in [0.5, 0.6) is 0 Å². The van der Waals surface area contributed by atoms with E-state index in [2.05, 4.69) is 35.3 Å². The lowest BCUT2D eigenvalue weighted by Crippen LogP contribution is -2.39. The Morgan fingerprint density at radius 1 is 1.19 bits per heavy atom. The van der Waals surface area contributed by atoms with Crippen LogP contribution >= 0.6 is 0 Å². The largest absolute Gasteiger partial charge is 0.357 e. The first kappa shape index (κ1) is 17.7. The minimum atomic E-state index is 0.432. The number of aromatic nitrogens is 4. The first-order valence-corrected chi connectivity index (χ1v) is 8.72. The predicted octanol–water partition coefficient (Wildman–Crippen LogP) is 1.73. The molecule has 0 saturated carbocycles. The molecule has 3 rings (SSSR count). The molecule has 26 heavy (non-hydrogen) atoms. The Morgan fingerprint density at radius 3 is 2.85 bits per heavy atom. The summed E-state index contributed by atoms with van der Waals surface area (Å²) in [5, 5.41) is 10.5. The number of guanidine groups is 1. The molecule has 0 atom stereocenters. The van der Waals surface area contributed by atoms with Gasteiger partial charge in [-0.2, -0.15) is 4.98 Å². The van der Waals surface area contributed by atoms with Gasteiger partial charge in [-0.15, -0.1) is 0 Å². The maximum atomic E-state index is 5.26. The quantitative estimate of drug-likeness (QED) is 0.473. The van der Waals surface area contributed by atoms with Gasteiger partial charge >= 0.3 is 0 Å². The van der Waals surface area contributed by atoms with Crippen molar-refractivity contribution in [3.05, 3.63) is 54.7 Å². The van der Waals surface area contributed by atoms with Crippen LogP contribution in [0.1, 0.15) is 12.7 Å². The number of aliphatic imine (C=N–C) groups is 1. The predicted molar refractivity (Wildman–Crippen MR) is 99.6 cm³/mol. The van der Waals surface area contributed by atoms with Crippen molar-refractivity contribution in [1.29, 1.82) is 0 Å². The first-order chi connectivity index (χ1) is 12.8. The highest BCUT2D eigenvalue weighted by Crippen LogP contribution is 2.13. The maximum absolute atomic E-state index is 5.26. The summed E-state index contributed by atoms with van der Waals surface area (Å²) in [6, 6.07) is 9.61. The Balaban J connectivity index is 1.49. The molecule has 0 aliphatic heterocycles. The summed E-state index contributed by atoms with van der Waals surface area (Å²) in [5.74, 6) is 1.84. The van der Waals surface area contributed by atoms with Crippen LogP contribution in [0.4, 0.5) is 0 Å². The molecule has 0 aliphatic carbocycles. The van der Waals surface area contributed by atoms with Crippen LogP contribution in [0.15, 0.2) is 58.4 Å². The van der Waals surface area contributed by atoms with E-state index >= 15 is 0 Å². The molecule has 8 heteroatoms. The van der Waals surface area contributed by atoms with Gasteiger partial charge in [0, 0.05) is 51.2 Å².